The van der Waals surface area contributed by atoms with Crippen molar-refractivity contribution in [3.8, 4) is 0 Å². The van der Waals surface area contributed by atoms with E-state index in [0.29, 0.717) is 18.0 Å². The maximum absolute atomic E-state index is 13.1. The lowest BCUT2D eigenvalue weighted by Crippen LogP contribution is -2.49. The van der Waals surface area contributed by atoms with Gasteiger partial charge in [-0.15, -0.1) is 0 Å². The molecule has 0 saturated carbocycles. The summed E-state index contributed by atoms with van der Waals surface area (Å²) < 4.78 is 13.1. The number of hydrogen-bond donors (Lipinski definition) is 2. The summed E-state index contributed by atoms with van der Waals surface area (Å²) >= 11 is 0. The number of hydrogen-bond acceptors (Lipinski definition) is 3. The van der Waals surface area contributed by atoms with E-state index in [0.717, 1.165) is 38.2 Å². The normalized spacial score (nSPS) is 18.8. The van der Waals surface area contributed by atoms with Gasteiger partial charge in [0.15, 0.2) is 0 Å². The van der Waals surface area contributed by atoms with Gasteiger partial charge in [0.05, 0.1) is 0 Å². The first-order chi connectivity index (χ1) is 15.7. The Morgan fingerprint density at radius 2 is 1.56 bits per heavy atom. The summed E-state index contributed by atoms with van der Waals surface area (Å²) in [6.07, 6.45) is 2.14. The largest absolute Gasteiger partial charge is 0.385 e. The topological polar surface area (TPSA) is 44.4 Å². The van der Waals surface area contributed by atoms with Gasteiger partial charge in [0, 0.05) is 43.5 Å². The summed E-state index contributed by atoms with van der Waals surface area (Å²) in [5.41, 5.74) is 2.91. The van der Waals surface area contributed by atoms with E-state index < -0.39 is 0 Å². The molecule has 0 unspecified atom stereocenters. The Bertz CT molecular complexity index is 979. The highest BCUT2D eigenvalue weighted by molar-refractivity contribution is 5.94. The second kappa shape index (κ2) is 10.9. The van der Waals surface area contributed by atoms with Crippen molar-refractivity contribution < 1.29 is 9.18 Å². The molecule has 0 radical (unpaired) electrons. The number of amides is 1. The van der Waals surface area contributed by atoms with Crippen LogP contribution >= 0.6 is 0 Å². The maximum Gasteiger partial charge on any atom is 0.251 e. The van der Waals surface area contributed by atoms with Crippen LogP contribution in [0.4, 0.5) is 10.1 Å². The Balaban J connectivity index is 1.37. The van der Waals surface area contributed by atoms with Crippen molar-refractivity contribution in [1.82, 2.24) is 10.2 Å². The van der Waals surface area contributed by atoms with Gasteiger partial charge in [-0.1, -0.05) is 48.5 Å². The zero-order valence-corrected chi connectivity index (χ0v) is 18.2. The molecule has 3 aromatic rings. The summed E-state index contributed by atoms with van der Waals surface area (Å²) in [6, 6.07) is 26.8. The number of likely N-dealkylation sites (tertiary alicyclic amines) is 1. The van der Waals surface area contributed by atoms with Crippen molar-refractivity contribution in [3.05, 3.63) is 102 Å². The fraction of sp³-hybridized carbons (Fsp3) is 0.296. The average Bonchev–Trinajstić information content (AvgIpc) is 2.84. The number of nitrogens with one attached hydrogen (secondary N) is 2. The highest BCUT2D eigenvalue weighted by Crippen LogP contribution is 2.24. The molecule has 0 aromatic heterocycles. The Labute approximate surface area is 189 Å². The minimum Gasteiger partial charge on any atom is -0.385 e. The van der Waals surface area contributed by atoms with Gasteiger partial charge < -0.3 is 10.6 Å². The molecule has 1 fully saturated rings. The fourth-order valence-electron chi connectivity index (χ4n) is 4.32. The van der Waals surface area contributed by atoms with Gasteiger partial charge >= 0.3 is 0 Å². The van der Waals surface area contributed by atoms with E-state index in [-0.39, 0.29) is 17.8 Å². The van der Waals surface area contributed by atoms with Crippen LogP contribution in [0.5, 0.6) is 0 Å². The van der Waals surface area contributed by atoms with Crippen LogP contribution in [0.1, 0.15) is 28.8 Å². The molecular weight excluding hydrogens is 401 g/mol. The van der Waals surface area contributed by atoms with Gasteiger partial charge in [0.25, 0.3) is 5.91 Å². The molecule has 166 valence electrons. The second-order valence-electron chi connectivity index (χ2n) is 8.48. The second-order valence-corrected chi connectivity index (χ2v) is 8.48. The van der Waals surface area contributed by atoms with Gasteiger partial charge in [-0.3, -0.25) is 9.69 Å². The number of rotatable bonds is 8. The third-order valence-corrected chi connectivity index (χ3v) is 6.12. The smallest absolute Gasteiger partial charge is 0.251 e. The average molecular weight is 432 g/mol. The minimum atomic E-state index is -0.335. The predicted molar refractivity (Wildman–Crippen MR) is 127 cm³/mol. The van der Waals surface area contributed by atoms with Crippen LogP contribution < -0.4 is 10.6 Å². The highest BCUT2D eigenvalue weighted by atomic mass is 19.1. The molecule has 1 aliphatic rings. The van der Waals surface area contributed by atoms with Gasteiger partial charge in [-0.05, 0) is 60.7 Å². The van der Waals surface area contributed by atoms with Crippen molar-refractivity contribution in [1.29, 1.82) is 0 Å². The summed E-state index contributed by atoms with van der Waals surface area (Å²) in [6.45, 7) is 3.36. The Morgan fingerprint density at radius 1 is 0.875 bits per heavy atom. The first-order valence-corrected chi connectivity index (χ1v) is 11.3. The van der Waals surface area contributed by atoms with Crippen molar-refractivity contribution in [3.63, 3.8) is 0 Å². The van der Waals surface area contributed by atoms with E-state index in [2.05, 4.69) is 51.9 Å². The molecule has 1 amide bonds. The Kier molecular flexibility index (Phi) is 7.51. The van der Waals surface area contributed by atoms with E-state index in [1.165, 1.54) is 29.8 Å². The number of para-hydroxylation sites is 1. The molecule has 4 rings (SSSR count). The Hall–Kier alpha value is -3.18. The number of anilines is 1. The van der Waals surface area contributed by atoms with Crippen LogP contribution in [-0.4, -0.2) is 36.5 Å². The van der Waals surface area contributed by atoms with Crippen LogP contribution in [0.3, 0.4) is 0 Å². The molecule has 0 aliphatic carbocycles. The van der Waals surface area contributed by atoms with E-state index in [1.54, 1.807) is 0 Å². The molecule has 2 atom stereocenters. The van der Waals surface area contributed by atoms with Gasteiger partial charge in [0.2, 0.25) is 0 Å². The number of nitrogens with zero attached hydrogens (tertiary/aromatic N) is 1. The predicted octanol–water partition coefficient (Wildman–Crippen LogP) is 4.95. The first kappa shape index (κ1) is 22.0. The number of carbonyl (C=O) groups excluding carboxylic acids is 1. The molecule has 32 heavy (non-hydrogen) atoms. The third-order valence-electron chi connectivity index (χ3n) is 6.12. The van der Waals surface area contributed by atoms with Gasteiger partial charge in [0.1, 0.15) is 5.82 Å². The lowest BCUT2D eigenvalue weighted by molar-refractivity contribution is 0.0850. The van der Waals surface area contributed by atoms with E-state index in [9.17, 15) is 9.18 Å². The molecule has 4 nitrogen and oxygen atoms in total. The minimum absolute atomic E-state index is 0.155. The van der Waals surface area contributed by atoms with E-state index in [4.69, 9.17) is 0 Å². The molecular formula is C27H30FN3O. The zero-order valence-electron chi connectivity index (χ0n) is 18.2. The zero-order chi connectivity index (χ0) is 22.2. The van der Waals surface area contributed by atoms with Crippen LogP contribution in [0.15, 0.2) is 84.9 Å². The first-order valence-electron chi connectivity index (χ1n) is 11.3. The van der Waals surface area contributed by atoms with E-state index >= 15 is 0 Å². The van der Waals surface area contributed by atoms with Gasteiger partial charge in [-0.2, -0.15) is 0 Å². The molecule has 2 N–H and O–H groups in total. The lowest BCUT2D eigenvalue weighted by Gasteiger charge is -2.40. The van der Waals surface area contributed by atoms with Gasteiger partial charge in [-0.25, -0.2) is 4.39 Å². The maximum atomic E-state index is 13.1. The molecule has 1 aliphatic heterocycles. The number of halogens is 1. The number of carbonyl (C=O) groups is 1. The standard InChI is InChI=1S/C27H30FN3O/c28-24-14-12-23(13-15-24)27(32)30-18-26-16-11-22(17-29-25-9-5-2-6-10-25)20-31(26)19-21-7-3-1-4-8-21/h1-10,12-15,22,26,29H,11,16-20H2,(H,30,32)/t22-,26-/m0/s1. The summed E-state index contributed by atoms with van der Waals surface area (Å²) in [5.74, 6) is 0.0542. The highest BCUT2D eigenvalue weighted by Gasteiger charge is 2.28. The summed E-state index contributed by atoms with van der Waals surface area (Å²) in [5, 5.41) is 6.62. The number of benzene rings is 3. The Morgan fingerprint density at radius 3 is 2.28 bits per heavy atom. The molecule has 3 aromatic carbocycles. The molecule has 1 saturated heterocycles. The molecule has 0 spiro atoms. The van der Waals surface area contributed by atoms with Crippen molar-refractivity contribution in [2.24, 2.45) is 5.92 Å². The quantitative estimate of drug-likeness (QED) is 0.531. The van der Waals surface area contributed by atoms with Crippen LogP contribution in [0.25, 0.3) is 0 Å². The van der Waals surface area contributed by atoms with Crippen molar-refractivity contribution >= 4 is 11.6 Å². The van der Waals surface area contributed by atoms with Crippen LogP contribution in [0.2, 0.25) is 0 Å². The molecule has 5 heteroatoms. The number of piperidine rings is 1. The van der Waals surface area contributed by atoms with Crippen LogP contribution in [0, 0.1) is 11.7 Å². The monoisotopic (exact) mass is 431 g/mol. The van der Waals surface area contributed by atoms with E-state index in [1.807, 2.05) is 24.3 Å². The summed E-state index contributed by atoms with van der Waals surface area (Å²) in [4.78, 5) is 15.0. The van der Waals surface area contributed by atoms with Crippen molar-refractivity contribution in [2.45, 2.75) is 25.4 Å². The lowest BCUT2D eigenvalue weighted by atomic mass is 9.91. The summed E-state index contributed by atoms with van der Waals surface area (Å²) in [7, 11) is 0. The fourth-order valence-corrected chi connectivity index (χ4v) is 4.32. The molecule has 0 bridgehead atoms. The van der Waals surface area contributed by atoms with Crippen LogP contribution in [-0.2, 0) is 6.54 Å². The molecule has 1 heterocycles. The SMILES string of the molecule is O=C(NC[C@@H]1CC[C@@H](CNc2ccccc2)CN1Cc1ccccc1)c1ccc(F)cc1. The van der Waals surface area contributed by atoms with Crippen molar-refractivity contribution in [2.75, 3.05) is 25.0 Å². The third kappa shape index (κ3) is 6.17.